The summed E-state index contributed by atoms with van der Waals surface area (Å²) >= 11 is 0. The molecule has 21 heavy (non-hydrogen) atoms. The van der Waals surface area contributed by atoms with Crippen LogP contribution in [-0.2, 0) is 14.8 Å². The topological polar surface area (TPSA) is 103 Å². The molecule has 1 saturated heterocycles. The quantitative estimate of drug-likeness (QED) is 0.828. The predicted octanol–water partition coefficient (Wildman–Crippen LogP) is 0.814. The molecule has 1 aromatic heterocycles. The van der Waals surface area contributed by atoms with Crippen LogP contribution in [0, 0.1) is 5.41 Å². The Labute approximate surface area is 124 Å². The fraction of sp³-hybridized carbons (Fsp3) is 0.615. The first-order chi connectivity index (χ1) is 9.68. The first-order valence-corrected chi connectivity index (χ1v) is 8.06. The zero-order valence-corrected chi connectivity index (χ0v) is 13.1. The highest BCUT2D eigenvalue weighted by atomic mass is 32.2. The molecular formula is C13H20N2O5S. The third-order valence-corrected chi connectivity index (χ3v) is 5.56. The number of ether oxygens (including phenoxy) is 1. The van der Waals surface area contributed by atoms with Gasteiger partial charge in [-0.3, -0.25) is 0 Å². The maximum atomic E-state index is 12.5. The van der Waals surface area contributed by atoms with Crippen molar-refractivity contribution in [2.24, 2.45) is 11.1 Å². The van der Waals surface area contributed by atoms with Gasteiger partial charge in [-0.2, -0.15) is 4.31 Å². The third kappa shape index (κ3) is 2.97. The van der Waals surface area contributed by atoms with Crippen molar-refractivity contribution in [2.75, 3.05) is 20.2 Å². The number of carbonyl (C=O) groups is 1. The van der Waals surface area contributed by atoms with E-state index in [2.05, 4.69) is 4.74 Å². The molecule has 118 valence electrons. The molecule has 8 heteroatoms. The third-order valence-electron chi connectivity index (χ3n) is 3.84. The molecule has 1 aliphatic rings. The van der Waals surface area contributed by atoms with Crippen LogP contribution in [0.3, 0.4) is 0 Å². The van der Waals surface area contributed by atoms with Gasteiger partial charge in [0.15, 0.2) is 0 Å². The number of methoxy groups -OCH3 is 1. The van der Waals surface area contributed by atoms with Gasteiger partial charge in [0.05, 0.1) is 7.11 Å². The fourth-order valence-corrected chi connectivity index (χ4v) is 3.86. The molecule has 2 N–H and O–H groups in total. The number of esters is 1. The number of nitrogens with zero attached hydrogens (tertiary/aromatic N) is 1. The van der Waals surface area contributed by atoms with E-state index in [4.69, 9.17) is 10.2 Å². The standard InChI is InChI=1S/C13H20N2O5S/c1-13(2)8-15(7-6-10(13)14)21(17,18)11-5-4-9(20-11)12(16)19-3/h4-5,10H,6-8,14H2,1-3H3. The average molecular weight is 316 g/mol. The Morgan fingerprint density at radius 2 is 2.14 bits per heavy atom. The molecule has 0 aromatic carbocycles. The van der Waals surface area contributed by atoms with Crippen LogP contribution in [-0.4, -0.2) is 44.9 Å². The van der Waals surface area contributed by atoms with Gasteiger partial charge in [-0.15, -0.1) is 0 Å². The summed E-state index contributed by atoms with van der Waals surface area (Å²) in [6, 6.07) is 2.51. The molecule has 0 amide bonds. The molecule has 0 aliphatic carbocycles. The van der Waals surface area contributed by atoms with Crippen LogP contribution >= 0.6 is 0 Å². The van der Waals surface area contributed by atoms with Crippen LogP contribution in [0.15, 0.2) is 21.6 Å². The Bertz CT molecular complexity index is 635. The van der Waals surface area contributed by atoms with E-state index in [9.17, 15) is 13.2 Å². The minimum atomic E-state index is -3.77. The minimum absolute atomic E-state index is 0.0498. The van der Waals surface area contributed by atoms with Crippen molar-refractivity contribution in [2.45, 2.75) is 31.4 Å². The van der Waals surface area contributed by atoms with Gasteiger partial charge in [-0.05, 0) is 24.0 Å². The summed E-state index contributed by atoms with van der Waals surface area (Å²) < 4.78 is 36.0. The Morgan fingerprint density at radius 3 is 2.71 bits per heavy atom. The molecule has 0 saturated carbocycles. The van der Waals surface area contributed by atoms with Crippen molar-refractivity contribution in [1.82, 2.24) is 4.31 Å². The van der Waals surface area contributed by atoms with Crippen LogP contribution in [0.25, 0.3) is 0 Å². The summed E-state index contributed by atoms with van der Waals surface area (Å²) in [5.74, 6) is -0.846. The highest BCUT2D eigenvalue weighted by Gasteiger charge is 2.40. The van der Waals surface area contributed by atoms with E-state index < -0.39 is 16.0 Å². The summed E-state index contributed by atoms with van der Waals surface area (Å²) in [4.78, 5) is 11.3. The Balaban J connectivity index is 2.26. The smallest absolute Gasteiger partial charge is 0.374 e. The van der Waals surface area contributed by atoms with E-state index >= 15 is 0 Å². The second-order valence-corrected chi connectivity index (χ2v) is 7.70. The summed E-state index contributed by atoms with van der Waals surface area (Å²) in [6.07, 6.45) is 0.580. The van der Waals surface area contributed by atoms with E-state index in [1.165, 1.54) is 23.5 Å². The van der Waals surface area contributed by atoms with E-state index in [0.717, 1.165) is 0 Å². The minimum Gasteiger partial charge on any atom is -0.463 e. The van der Waals surface area contributed by atoms with Crippen molar-refractivity contribution in [1.29, 1.82) is 0 Å². The Morgan fingerprint density at radius 1 is 1.48 bits per heavy atom. The molecule has 7 nitrogen and oxygen atoms in total. The predicted molar refractivity (Wildman–Crippen MR) is 75.2 cm³/mol. The van der Waals surface area contributed by atoms with Gasteiger partial charge < -0.3 is 14.9 Å². The lowest BCUT2D eigenvalue weighted by Gasteiger charge is -2.41. The van der Waals surface area contributed by atoms with Crippen LogP contribution in [0.2, 0.25) is 0 Å². The van der Waals surface area contributed by atoms with E-state index in [1.54, 1.807) is 0 Å². The van der Waals surface area contributed by atoms with Crippen molar-refractivity contribution >= 4 is 16.0 Å². The normalized spacial score (nSPS) is 23.0. The molecule has 0 radical (unpaired) electrons. The monoisotopic (exact) mass is 316 g/mol. The molecule has 1 atom stereocenters. The zero-order valence-electron chi connectivity index (χ0n) is 12.3. The fourth-order valence-electron chi connectivity index (χ4n) is 2.33. The van der Waals surface area contributed by atoms with Gasteiger partial charge in [0.25, 0.3) is 10.0 Å². The van der Waals surface area contributed by atoms with Crippen LogP contribution in [0.1, 0.15) is 30.8 Å². The van der Waals surface area contributed by atoms with Crippen LogP contribution in [0.5, 0.6) is 0 Å². The summed E-state index contributed by atoms with van der Waals surface area (Å²) in [5, 5.41) is -0.255. The van der Waals surface area contributed by atoms with Gasteiger partial charge in [-0.25, -0.2) is 13.2 Å². The van der Waals surface area contributed by atoms with Crippen molar-refractivity contribution in [3.05, 3.63) is 17.9 Å². The number of hydrogen-bond donors (Lipinski definition) is 1. The molecule has 2 heterocycles. The number of carbonyl (C=O) groups excluding carboxylic acids is 1. The lowest BCUT2D eigenvalue weighted by atomic mass is 9.81. The van der Waals surface area contributed by atoms with Crippen LogP contribution < -0.4 is 5.73 Å². The van der Waals surface area contributed by atoms with Crippen molar-refractivity contribution < 1.29 is 22.4 Å². The Hall–Kier alpha value is -1.38. The average Bonchev–Trinajstić information content (AvgIpc) is 2.91. The molecule has 1 fully saturated rings. The van der Waals surface area contributed by atoms with Gasteiger partial charge >= 0.3 is 5.97 Å². The first-order valence-electron chi connectivity index (χ1n) is 6.62. The van der Waals surface area contributed by atoms with Gasteiger partial charge in [0, 0.05) is 19.1 Å². The number of piperidine rings is 1. The van der Waals surface area contributed by atoms with E-state index in [1.807, 2.05) is 13.8 Å². The number of furan rings is 1. The highest BCUT2D eigenvalue weighted by Crippen LogP contribution is 2.31. The molecule has 1 aromatic rings. The number of rotatable bonds is 3. The number of sulfonamides is 1. The highest BCUT2D eigenvalue weighted by molar-refractivity contribution is 7.89. The van der Waals surface area contributed by atoms with E-state index in [-0.39, 0.29) is 22.3 Å². The van der Waals surface area contributed by atoms with E-state index in [0.29, 0.717) is 19.5 Å². The molecule has 2 rings (SSSR count). The maximum absolute atomic E-state index is 12.5. The molecule has 0 spiro atoms. The number of hydrogen-bond acceptors (Lipinski definition) is 6. The lowest BCUT2D eigenvalue weighted by Crippen LogP contribution is -2.53. The lowest BCUT2D eigenvalue weighted by molar-refractivity contribution is 0.0558. The van der Waals surface area contributed by atoms with Gasteiger partial charge in [0.2, 0.25) is 10.9 Å². The largest absolute Gasteiger partial charge is 0.463 e. The second-order valence-electron chi connectivity index (χ2n) is 5.83. The molecule has 1 unspecified atom stereocenters. The van der Waals surface area contributed by atoms with Crippen molar-refractivity contribution in [3.63, 3.8) is 0 Å². The molecule has 0 bridgehead atoms. The van der Waals surface area contributed by atoms with Crippen LogP contribution in [0.4, 0.5) is 0 Å². The molecular weight excluding hydrogens is 296 g/mol. The van der Waals surface area contributed by atoms with Crippen molar-refractivity contribution in [3.8, 4) is 0 Å². The SMILES string of the molecule is COC(=O)c1ccc(S(=O)(=O)N2CCC(N)C(C)(C)C2)o1. The van der Waals surface area contributed by atoms with Gasteiger partial charge in [0.1, 0.15) is 0 Å². The summed E-state index contributed by atoms with van der Waals surface area (Å²) in [7, 11) is -2.57. The second kappa shape index (κ2) is 5.43. The Kier molecular flexibility index (Phi) is 4.14. The zero-order chi connectivity index (χ0) is 15.8. The van der Waals surface area contributed by atoms with Gasteiger partial charge in [-0.1, -0.05) is 13.8 Å². The molecule has 1 aliphatic heterocycles. The summed E-state index contributed by atoms with van der Waals surface area (Å²) in [5.41, 5.74) is 5.70. The summed E-state index contributed by atoms with van der Waals surface area (Å²) in [6.45, 7) is 4.51. The first kappa shape index (κ1) is 16.0. The number of nitrogens with two attached hydrogens (primary N) is 1. The maximum Gasteiger partial charge on any atom is 0.374 e.